The van der Waals surface area contributed by atoms with Crippen LogP contribution in [0, 0.1) is 5.82 Å². The smallest absolute Gasteiger partial charge is 0.294 e. The molecule has 0 bridgehead atoms. The lowest BCUT2D eigenvalue weighted by atomic mass is 10.1. The second-order valence-electron chi connectivity index (χ2n) is 6.89. The minimum atomic E-state index is -0.449. The zero-order chi connectivity index (χ0) is 21.8. The van der Waals surface area contributed by atoms with Gasteiger partial charge in [-0.3, -0.25) is 14.5 Å². The van der Waals surface area contributed by atoms with Gasteiger partial charge in [-0.05, 0) is 47.5 Å². The molecule has 0 spiro atoms. The first-order valence-corrected chi connectivity index (χ1v) is 9.95. The molecule has 1 aliphatic heterocycles. The number of carbonyl (C=O) groups is 2. The summed E-state index contributed by atoms with van der Waals surface area (Å²) in [6.07, 6.45) is 1.56. The fraction of sp³-hybridized carbons (Fsp3) is 0.0833. The lowest BCUT2D eigenvalue weighted by Gasteiger charge is -2.30. The molecule has 1 N–H and O–H groups in total. The van der Waals surface area contributed by atoms with Gasteiger partial charge in [-0.15, -0.1) is 0 Å². The van der Waals surface area contributed by atoms with E-state index in [1.807, 2.05) is 0 Å². The van der Waals surface area contributed by atoms with Gasteiger partial charge in [0.15, 0.2) is 11.5 Å². The molecule has 0 radical (unpaired) electrons. The van der Waals surface area contributed by atoms with Crippen molar-refractivity contribution >= 4 is 35.2 Å². The second kappa shape index (κ2) is 9.02. The molecular formula is C24H18ClFN2O3. The lowest BCUT2D eigenvalue weighted by Crippen LogP contribution is -2.44. The van der Waals surface area contributed by atoms with Crippen LogP contribution in [0.2, 0.25) is 5.02 Å². The average Bonchev–Trinajstić information content (AvgIpc) is 2.77. The number of hydrogen-bond acceptors (Lipinski definition) is 3. The number of hydrogen-bond donors (Lipinski definition) is 1. The first-order chi connectivity index (χ1) is 15.0. The maximum Gasteiger partial charge on any atom is 0.294 e. The van der Waals surface area contributed by atoms with E-state index in [-0.39, 0.29) is 30.6 Å². The highest BCUT2D eigenvalue weighted by Crippen LogP contribution is 2.35. The summed E-state index contributed by atoms with van der Waals surface area (Å²) in [4.78, 5) is 27.0. The number of nitrogens with one attached hydrogen (secondary N) is 1. The van der Waals surface area contributed by atoms with E-state index >= 15 is 0 Å². The Kier molecular flexibility index (Phi) is 6.00. The molecule has 31 heavy (non-hydrogen) atoms. The monoisotopic (exact) mass is 436 g/mol. The fourth-order valence-corrected chi connectivity index (χ4v) is 3.35. The van der Waals surface area contributed by atoms with Crippen molar-refractivity contribution in [3.63, 3.8) is 0 Å². The number of fused-ring (bicyclic) bond motifs is 1. The number of benzene rings is 3. The topological polar surface area (TPSA) is 58.6 Å². The van der Waals surface area contributed by atoms with Crippen molar-refractivity contribution in [2.45, 2.75) is 6.54 Å². The summed E-state index contributed by atoms with van der Waals surface area (Å²) in [6.45, 7) is 0.0296. The van der Waals surface area contributed by atoms with E-state index in [4.69, 9.17) is 16.3 Å². The molecule has 0 aliphatic carbocycles. The zero-order valence-corrected chi connectivity index (χ0v) is 17.1. The number of amides is 2. The molecule has 4 rings (SSSR count). The Balaban J connectivity index is 1.55. The van der Waals surface area contributed by atoms with Crippen molar-refractivity contribution in [1.29, 1.82) is 0 Å². The number of carbonyl (C=O) groups excluding carboxylic acids is 2. The van der Waals surface area contributed by atoms with Gasteiger partial charge < -0.3 is 10.1 Å². The molecule has 1 aliphatic rings. The summed E-state index contributed by atoms with van der Waals surface area (Å²) >= 11 is 6.21. The molecule has 0 fully saturated rings. The number of rotatable bonds is 5. The standard InChI is InChI=1S/C24H18ClFN2O3/c25-19-6-2-1-5-17(19)13-22-24(30)28(20-7-3-4-8-21(20)31-22)15-23(29)27-14-16-9-11-18(26)12-10-16/h1-13H,14-15H2,(H,27,29)/b22-13+. The summed E-state index contributed by atoms with van der Waals surface area (Å²) in [5, 5.41) is 3.23. The first-order valence-electron chi connectivity index (χ1n) is 9.57. The van der Waals surface area contributed by atoms with Crippen LogP contribution in [0.15, 0.2) is 78.6 Å². The van der Waals surface area contributed by atoms with Crippen LogP contribution in [0.25, 0.3) is 6.08 Å². The molecule has 0 aromatic heterocycles. The Morgan fingerprint density at radius 3 is 2.52 bits per heavy atom. The van der Waals surface area contributed by atoms with Crippen molar-refractivity contribution in [2.24, 2.45) is 0 Å². The van der Waals surface area contributed by atoms with Gasteiger partial charge in [0.1, 0.15) is 12.4 Å². The molecule has 0 saturated heterocycles. The number of anilines is 1. The molecule has 0 saturated carbocycles. The van der Waals surface area contributed by atoms with Crippen LogP contribution in [-0.4, -0.2) is 18.4 Å². The largest absolute Gasteiger partial charge is 0.449 e. The molecule has 2 amide bonds. The third kappa shape index (κ3) is 4.75. The van der Waals surface area contributed by atoms with Crippen molar-refractivity contribution in [1.82, 2.24) is 5.32 Å². The molecular weight excluding hydrogens is 419 g/mol. The van der Waals surface area contributed by atoms with E-state index in [9.17, 15) is 14.0 Å². The molecule has 1 heterocycles. The quantitative estimate of drug-likeness (QED) is 0.596. The van der Waals surface area contributed by atoms with E-state index in [0.29, 0.717) is 22.0 Å². The SMILES string of the molecule is O=C(CN1C(=O)/C(=C\c2ccccc2Cl)Oc2ccccc21)NCc1ccc(F)cc1. The van der Waals surface area contributed by atoms with Crippen LogP contribution in [-0.2, 0) is 16.1 Å². The highest BCUT2D eigenvalue weighted by molar-refractivity contribution is 6.32. The van der Waals surface area contributed by atoms with Gasteiger partial charge in [0, 0.05) is 11.6 Å². The van der Waals surface area contributed by atoms with E-state index < -0.39 is 5.91 Å². The van der Waals surface area contributed by atoms with Crippen LogP contribution in [0.3, 0.4) is 0 Å². The summed E-state index contributed by atoms with van der Waals surface area (Å²) in [5.74, 6) is -0.615. The van der Waals surface area contributed by atoms with Crippen molar-refractivity contribution < 1.29 is 18.7 Å². The fourth-order valence-electron chi connectivity index (χ4n) is 3.15. The minimum Gasteiger partial charge on any atom is -0.449 e. The van der Waals surface area contributed by atoms with Gasteiger partial charge in [0.25, 0.3) is 5.91 Å². The minimum absolute atomic E-state index is 0.0677. The summed E-state index contributed by atoms with van der Waals surface area (Å²) in [6, 6.07) is 19.9. The summed E-state index contributed by atoms with van der Waals surface area (Å²) in [5.41, 5.74) is 1.89. The molecule has 3 aromatic rings. The maximum atomic E-state index is 13.1. The predicted octanol–water partition coefficient (Wildman–Crippen LogP) is 4.56. The number of ether oxygens (including phenoxy) is 1. The Morgan fingerprint density at radius 2 is 1.74 bits per heavy atom. The van der Waals surface area contributed by atoms with Gasteiger partial charge in [-0.25, -0.2) is 4.39 Å². The summed E-state index contributed by atoms with van der Waals surface area (Å²) < 4.78 is 18.8. The van der Waals surface area contributed by atoms with Gasteiger partial charge in [0.05, 0.1) is 5.69 Å². The Labute approximate surface area is 183 Å². The Hall–Kier alpha value is -3.64. The first kappa shape index (κ1) is 20.6. The van der Waals surface area contributed by atoms with Crippen LogP contribution in [0.4, 0.5) is 10.1 Å². The molecule has 0 unspecified atom stereocenters. The second-order valence-corrected chi connectivity index (χ2v) is 7.30. The number of halogens is 2. The Bertz CT molecular complexity index is 1160. The van der Waals surface area contributed by atoms with Crippen LogP contribution in [0.1, 0.15) is 11.1 Å². The normalized spacial score (nSPS) is 14.2. The van der Waals surface area contributed by atoms with E-state index in [2.05, 4.69) is 5.32 Å². The molecule has 3 aromatic carbocycles. The molecule has 7 heteroatoms. The average molecular weight is 437 g/mol. The van der Waals surface area contributed by atoms with Crippen LogP contribution < -0.4 is 15.0 Å². The van der Waals surface area contributed by atoms with Crippen LogP contribution >= 0.6 is 11.6 Å². The number of para-hydroxylation sites is 2. The highest BCUT2D eigenvalue weighted by Gasteiger charge is 2.31. The molecule has 5 nitrogen and oxygen atoms in total. The van der Waals surface area contributed by atoms with E-state index in [0.717, 1.165) is 5.56 Å². The van der Waals surface area contributed by atoms with Gasteiger partial charge in [-0.2, -0.15) is 0 Å². The van der Waals surface area contributed by atoms with Crippen molar-refractivity contribution in [3.05, 3.63) is 101 Å². The molecule has 0 atom stereocenters. The molecule has 156 valence electrons. The van der Waals surface area contributed by atoms with E-state index in [1.165, 1.54) is 17.0 Å². The predicted molar refractivity (Wildman–Crippen MR) is 117 cm³/mol. The van der Waals surface area contributed by atoms with E-state index in [1.54, 1.807) is 66.7 Å². The summed E-state index contributed by atoms with van der Waals surface area (Å²) in [7, 11) is 0. The van der Waals surface area contributed by atoms with Gasteiger partial charge in [-0.1, -0.05) is 54.1 Å². The number of nitrogens with zero attached hydrogens (tertiary/aromatic N) is 1. The maximum absolute atomic E-state index is 13.1. The third-order valence-electron chi connectivity index (χ3n) is 4.73. The Morgan fingerprint density at radius 1 is 1.03 bits per heavy atom. The lowest BCUT2D eigenvalue weighted by molar-refractivity contribution is -0.123. The van der Waals surface area contributed by atoms with Gasteiger partial charge >= 0.3 is 0 Å². The zero-order valence-electron chi connectivity index (χ0n) is 16.3. The highest BCUT2D eigenvalue weighted by atomic mass is 35.5. The van der Waals surface area contributed by atoms with Gasteiger partial charge in [0.2, 0.25) is 5.91 Å². The van der Waals surface area contributed by atoms with Crippen LogP contribution in [0.5, 0.6) is 5.75 Å². The van der Waals surface area contributed by atoms with Crippen molar-refractivity contribution in [2.75, 3.05) is 11.4 Å². The van der Waals surface area contributed by atoms with Crippen molar-refractivity contribution in [3.8, 4) is 5.75 Å². The third-order valence-corrected chi connectivity index (χ3v) is 5.07.